The van der Waals surface area contributed by atoms with Crippen molar-refractivity contribution in [2.45, 2.75) is 85.4 Å². The molecular formula is C27H42N4O7. The normalized spacial score (nSPS) is 12.6. The third-order valence-electron chi connectivity index (χ3n) is 5.45. The second-order valence-electron chi connectivity index (χ2n) is 9.95. The molecule has 0 heterocycles. The molecule has 0 radical (unpaired) electrons. The van der Waals surface area contributed by atoms with Crippen molar-refractivity contribution in [2.24, 2.45) is 5.73 Å². The van der Waals surface area contributed by atoms with Crippen LogP contribution in [-0.2, 0) is 28.7 Å². The molecule has 0 saturated carbocycles. The van der Waals surface area contributed by atoms with E-state index in [4.69, 9.17) is 15.2 Å². The molecule has 11 heteroatoms. The summed E-state index contributed by atoms with van der Waals surface area (Å²) in [6.07, 6.45) is -0.928. The number of amides is 4. The van der Waals surface area contributed by atoms with E-state index in [9.17, 15) is 24.0 Å². The van der Waals surface area contributed by atoms with Crippen LogP contribution in [0.3, 0.4) is 0 Å². The van der Waals surface area contributed by atoms with Crippen LogP contribution in [0, 0.1) is 13.8 Å². The van der Waals surface area contributed by atoms with Crippen molar-refractivity contribution < 1.29 is 33.4 Å². The first-order chi connectivity index (χ1) is 17.7. The smallest absolute Gasteiger partial charge is 0.408 e. The Morgan fingerprint density at radius 2 is 1.66 bits per heavy atom. The maximum atomic E-state index is 13.9. The van der Waals surface area contributed by atoms with E-state index in [0.29, 0.717) is 12.0 Å². The fraction of sp³-hybridized carbons (Fsp3) is 0.593. The van der Waals surface area contributed by atoms with Crippen molar-refractivity contribution in [1.82, 2.24) is 15.5 Å². The van der Waals surface area contributed by atoms with Crippen LogP contribution in [-0.4, -0.2) is 66.0 Å². The Morgan fingerprint density at radius 1 is 1.05 bits per heavy atom. The summed E-state index contributed by atoms with van der Waals surface area (Å²) >= 11 is 0. The van der Waals surface area contributed by atoms with Crippen LogP contribution >= 0.6 is 0 Å². The molecule has 0 fully saturated rings. The number of hydrogen-bond donors (Lipinski definition) is 3. The van der Waals surface area contributed by atoms with Crippen LogP contribution < -0.4 is 16.4 Å². The molecule has 4 amide bonds. The van der Waals surface area contributed by atoms with E-state index in [2.05, 4.69) is 10.6 Å². The average molecular weight is 535 g/mol. The summed E-state index contributed by atoms with van der Waals surface area (Å²) < 4.78 is 10.2. The predicted octanol–water partition coefficient (Wildman–Crippen LogP) is 2.42. The number of aryl methyl sites for hydroxylation is 2. The molecule has 1 rings (SSSR count). The summed E-state index contributed by atoms with van der Waals surface area (Å²) in [4.78, 5) is 64.9. The summed E-state index contributed by atoms with van der Waals surface area (Å²) in [5.41, 5.74) is 6.71. The number of carbonyl (C=O) groups excluding carboxylic acids is 5. The summed E-state index contributed by atoms with van der Waals surface area (Å²) in [6.45, 7) is 12.6. The van der Waals surface area contributed by atoms with Crippen molar-refractivity contribution in [3.8, 4) is 0 Å². The predicted molar refractivity (Wildman–Crippen MR) is 142 cm³/mol. The number of primary amides is 1. The molecule has 0 saturated heterocycles. The number of benzene rings is 1. The zero-order chi connectivity index (χ0) is 29.0. The minimum Gasteiger partial charge on any atom is -0.466 e. The van der Waals surface area contributed by atoms with E-state index in [1.165, 1.54) is 4.90 Å². The largest absolute Gasteiger partial charge is 0.466 e. The molecule has 0 bridgehead atoms. The molecule has 2 atom stereocenters. The number of alkyl carbamates (subject to hydrolysis) is 1. The van der Waals surface area contributed by atoms with Gasteiger partial charge in [0, 0.05) is 13.1 Å². The third kappa shape index (κ3) is 10.4. The zero-order valence-corrected chi connectivity index (χ0v) is 23.5. The van der Waals surface area contributed by atoms with Gasteiger partial charge in [-0.1, -0.05) is 25.1 Å². The van der Waals surface area contributed by atoms with Gasteiger partial charge in [0.2, 0.25) is 17.7 Å². The topological polar surface area (TPSA) is 157 Å². The Balaban J connectivity index is 3.46. The van der Waals surface area contributed by atoms with Crippen LogP contribution in [0.1, 0.15) is 76.6 Å². The van der Waals surface area contributed by atoms with Gasteiger partial charge in [0.1, 0.15) is 17.7 Å². The molecule has 0 aliphatic heterocycles. The Hall–Kier alpha value is -3.63. The molecule has 1 aromatic rings. The standard InChI is InChI=1S/C27H42N4O7/c1-8-15-31(25(35)19(16-20(28)32)30-26(36)38-27(5,6)7)23(22-17(3)11-10-12-18(22)4)24(34)29-14-13-21(33)37-9-2/h10-12,19,23H,8-9,13-16H2,1-7H3,(H2,28,32)(H,29,34)(H,30,36). The van der Waals surface area contributed by atoms with Crippen LogP contribution in [0.5, 0.6) is 0 Å². The maximum absolute atomic E-state index is 13.9. The van der Waals surface area contributed by atoms with Gasteiger partial charge in [0.25, 0.3) is 0 Å². The van der Waals surface area contributed by atoms with E-state index in [-0.39, 0.29) is 26.1 Å². The Morgan fingerprint density at radius 3 is 2.16 bits per heavy atom. The first kappa shape index (κ1) is 32.4. The van der Waals surface area contributed by atoms with E-state index in [1.54, 1.807) is 27.7 Å². The van der Waals surface area contributed by atoms with E-state index in [0.717, 1.165) is 11.1 Å². The number of nitrogens with one attached hydrogen (secondary N) is 2. The highest BCUT2D eigenvalue weighted by Crippen LogP contribution is 2.29. The first-order valence-corrected chi connectivity index (χ1v) is 12.8. The Labute approximate surface area is 224 Å². The van der Waals surface area contributed by atoms with Crippen LogP contribution in [0.2, 0.25) is 0 Å². The number of nitrogens with two attached hydrogens (primary N) is 1. The van der Waals surface area contributed by atoms with Crippen molar-refractivity contribution in [3.05, 3.63) is 34.9 Å². The van der Waals surface area contributed by atoms with Crippen molar-refractivity contribution in [1.29, 1.82) is 0 Å². The second kappa shape index (κ2) is 14.9. The molecule has 11 nitrogen and oxygen atoms in total. The minimum absolute atomic E-state index is 0.00806. The molecule has 0 spiro atoms. The van der Waals surface area contributed by atoms with Crippen LogP contribution in [0.25, 0.3) is 0 Å². The van der Waals surface area contributed by atoms with Crippen molar-refractivity contribution in [2.75, 3.05) is 19.7 Å². The molecule has 38 heavy (non-hydrogen) atoms. The number of esters is 1. The summed E-state index contributed by atoms with van der Waals surface area (Å²) in [6, 6.07) is 3.05. The van der Waals surface area contributed by atoms with E-state index in [1.807, 2.05) is 39.0 Å². The lowest BCUT2D eigenvalue weighted by Crippen LogP contribution is -2.54. The highest BCUT2D eigenvalue weighted by atomic mass is 16.6. The van der Waals surface area contributed by atoms with Crippen molar-refractivity contribution in [3.63, 3.8) is 0 Å². The third-order valence-corrected chi connectivity index (χ3v) is 5.45. The van der Waals surface area contributed by atoms with Gasteiger partial charge in [0.15, 0.2) is 0 Å². The Kier molecular flexibility index (Phi) is 12.7. The first-order valence-electron chi connectivity index (χ1n) is 12.8. The number of hydrogen-bond acceptors (Lipinski definition) is 7. The number of nitrogens with zero attached hydrogens (tertiary/aromatic N) is 1. The lowest BCUT2D eigenvalue weighted by atomic mass is 9.93. The van der Waals surface area contributed by atoms with Gasteiger partial charge in [-0.3, -0.25) is 19.2 Å². The molecule has 0 aromatic heterocycles. The Bertz CT molecular complexity index is 983. The summed E-state index contributed by atoms with van der Waals surface area (Å²) in [5.74, 6) is -2.44. The van der Waals surface area contributed by atoms with Gasteiger partial charge in [-0.05, 0) is 64.7 Å². The van der Waals surface area contributed by atoms with Gasteiger partial charge < -0.3 is 30.7 Å². The minimum atomic E-state index is -1.35. The molecule has 212 valence electrons. The quantitative estimate of drug-likeness (QED) is 0.328. The van der Waals surface area contributed by atoms with E-state index >= 15 is 0 Å². The molecule has 0 aliphatic rings. The summed E-state index contributed by atoms with van der Waals surface area (Å²) in [5, 5.41) is 5.18. The lowest BCUT2D eigenvalue weighted by molar-refractivity contribution is -0.144. The number of rotatable bonds is 13. The van der Waals surface area contributed by atoms with Crippen LogP contribution in [0.4, 0.5) is 4.79 Å². The van der Waals surface area contributed by atoms with Gasteiger partial charge in [0.05, 0.1) is 19.4 Å². The van der Waals surface area contributed by atoms with Gasteiger partial charge in [-0.25, -0.2) is 4.79 Å². The monoisotopic (exact) mass is 534 g/mol. The van der Waals surface area contributed by atoms with Gasteiger partial charge >= 0.3 is 12.1 Å². The molecule has 0 aliphatic carbocycles. The van der Waals surface area contributed by atoms with Gasteiger partial charge in [-0.2, -0.15) is 0 Å². The lowest BCUT2D eigenvalue weighted by Gasteiger charge is -2.35. The fourth-order valence-corrected chi connectivity index (χ4v) is 3.96. The number of carbonyl (C=O) groups is 5. The van der Waals surface area contributed by atoms with Gasteiger partial charge in [-0.15, -0.1) is 0 Å². The molecular weight excluding hydrogens is 492 g/mol. The summed E-state index contributed by atoms with van der Waals surface area (Å²) in [7, 11) is 0. The zero-order valence-electron chi connectivity index (χ0n) is 23.5. The van der Waals surface area contributed by atoms with Crippen molar-refractivity contribution >= 4 is 29.8 Å². The van der Waals surface area contributed by atoms with Crippen LogP contribution in [0.15, 0.2) is 18.2 Å². The maximum Gasteiger partial charge on any atom is 0.408 e. The molecule has 1 aromatic carbocycles. The molecule has 2 unspecified atom stereocenters. The number of ether oxygens (including phenoxy) is 2. The fourth-order valence-electron chi connectivity index (χ4n) is 3.96. The average Bonchev–Trinajstić information content (AvgIpc) is 2.78. The SMILES string of the molecule is CCCN(C(=O)C(CC(N)=O)NC(=O)OC(C)(C)C)C(C(=O)NCCC(=O)OCC)c1c(C)cccc1C. The highest BCUT2D eigenvalue weighted by molar-refractivity contribution is 5.95. The molecule has 4 N–H and O–H groups in total. The second-order valence-corrected chi connectivity index (χ2v) is 9.95. The highest BCUT2D eigenvalue weighted by Gasteiger charge is 2.37. The van der Waals surface area contributed by atoms with E-state index < -0.39 is 53.9 Å².